The second-order valence-corrected chi connectivity index (χ2v) is 5.73. The van der Waals surface area contributed by atoms with Crippen molar-refractivity contribution in [1.82, 2.24) is 9.78 Å². The maximum Gasteiger partial charge on any atom is 0.230 e. The molecule has 8 nitrogen and oxygen atoms in total. The van der Waals surface area contributed by atoms with Crippen LogP contribution >= 0.6 is 0 Å². The Kier molecular flexibility index (Phi) is 4.39. The first-order valence-electron chi connectivity index (χ1n) is 7.71. The summed E-state index contributed by atoms with van der Waals surface area (Å²) in [6.07, 6.45) is 1.51. The van der Waals surface area contributed by atoms with Crippen LogP contribution in [0.2, 0.25) is 0 Å². The number of hydrogen-bond acceptors (Lipinski definition) is 5. The quantitative estimate of drug-likeness (QED) is 0.905. The van der Waals surface area contributed by atoms with Crippen LogP contribution in [-0.2, 0) is 16.6 Å². The van der Waals surface area contributed by atoms with E-state index in [1.807, 2.05) is 6.07 Å². The average molecular weight is 339 g/mol. The predicted molar refractivity (Wildman–Crippen MR) is 90.0 cm³/mol. The summed E-state index contributed by atoms with van der Waals surface area (Å²) in [7, 11) is 3.21. The van der Waals surface area contributed by atoms with Gasteiger partial charge in [0.1, 0.15) is 23.2 Å². The van der Waals surface area contributed by atoms with Gasteiger partial charge in [-0.15, -0.1) is 0 Å². The molecule has 0 radical (unpaired) electrons. The van der Waals surface area contributed by atoms with Crippen molar-refractivity contribution in [2.24, 2.45) is 13.0 Å². The smallest absolute Gasteiger partial charge is 0.230 e. The second kappa shape index (κ2) is 6.65. The first-order valence-corrected chi connectivity index (χ1v) is 7.71. The Labute approximate surface area is 144 Å². The molecule has 128 valence electrons. The monoisotopic (exact) mass is 339 g/mol. The van der Waals surface area contributed by atoms with Crippen LogP contribution in [0.5, 0.6) is 5.75 Å². The van der Waals surface area contributed by atoms with Crippen molar-refractivity contribution in [3.8, 4) is 11.8 Å². The SMILES string of the molecule is COc1ccc(N2CC(C(=O)Nc3c(C#N)cnn3C)CC2=O)cc1. The van der Waals surface area contributed by atoms with Gasteiger partial charge in [0.15, 0.2) is 0 Å². The lowest BCUT2D eigenvalue weighted by molar-refractivity contribution is -0.122. The molecule has 1 aromatic carbocycles. The summed E-state index contributed by atoms with van der Waals surface area (Å²) in [5, 5.41) is 15.7. The van der Waals surface area contributed by atoms with E-state index in [1.54, 1.807) is 43.3 Å². The Bertz CT molecular complexity index is 850. The minimum absolute atomic E-state index is 0.115. The number of ether oxygens (including phenoxy) is 1. The van der Waals surface area contributed by atoms with Crippen molar-refractivity contribution in [1.29, 1.82) is 5.26 Å². The zero-order valence-electron chi connectivity index (χ0n) is 13.9. The second-order valence-electron chi connectivity index (χ2n) is 5.73. The number of hydrogen-bond donors (Lipinski definition) is 1. The van der Waals surface area contributed by atoms with Crippen LogP contribution < -0.4 is 15.0 Å². The van der Waals surface area contributed by atoms with Gasteiger partial charge in [0.2, 0.25) is 11.8 Å². The van der Waals surface area contributed by atoms with Crippen LogP contribution in [0.3, 0.4) is 0 Å². The molecule has 3 rings (SSSR count). The lowest BCUT2D eigenvalue weighted by Gasteiger charge is -2.17. The third-order valence-corrected chi connectivity index (χ3v) is 4.18. The van der Waals surface area contributed by atoms with Crippen molar-refractivity contribution >= 4 is 23.3 Å². The molecule has 1 saturated heterocycles. The van der Waals surface area contributed by atoms with Crippen molar-refractivity contribution in [3.63, 3.8) is 0 Å². The Morgan fingerprint density at radius 2 is 2.12 bits per heavy atom. The lowest BCUT2D eigenvalue weighted by atomic mass is 10.1. The molecule has 0 spiro atoms. The third-order valence-electron chi connectivity index (χ3n) is 4.18. The molecule has 0 bridgehead atoms. The zero-order chi connectivity index (χ0) is 18.0. The fraction of sp³-hybridized carbons (Fsp3) is 0.294. The Morgan fingerprint density at radius 1 is 1.40 bits per heavy atom. The van der Waals surface area contributed by atoms with Gasteiger partial charge in [-0.05, 0) is 24.3 Å². The van der Waals surface area contributed by atoms with Crippen LogP contribution in [0.15, 0.2) is 30.5 Å². The number of amides is 2. The van der Waals surface area contributed by atoms with Crippen molar-refractivity contribution in [3.05, 3.63) is 36.0 Å². The number of methoxy groups -OCH3 is 1. The summed E-state index contributed by atoms with van der Waals surface area (Å²) >= 11 is 0. The molecular formula is C17H17N5O3. The zero-order valence-corrected chi connectivity index (χ0v) is 13.9. The normalized spacial score (nSPS) is 16.6. The minimum Gasteiger partial charge on any atom is -0.497 e. The number of nitrogens with zero attached hydrogens (tertiary/aromatic N) is 4. The highest BCUT2D eigenvalue weighted by Gasteiger charge is 2.35. The van der Waals surface area contributed by atoms with Gasteiger partial charge in [-0.25, -0.2) is 0 Å². The van der Waals surface area contributed by atoms with Crippen LogP contribution in [0.4, 0.5) is 11.5 Å². The lowest BCUT2D eigenvalue weighted by Crippen LogP contribution is -2.28. The van der Waals surface area contributed by atoms with Gasteiger partial charge in [-0.1, -0.05) is 0 Å². The number of carbonyl (C=O) groups is 2. The number of rotatable bonds is 4. The number of aromatic nitrogens is 2. The minimum atomic E-state index is -0.490. The van der Waals surface area contributed by atoms with Crippen molar-refractivity contribution < 1.29 is 14.3 Å². The fourth-order valence-corrected chi connectivity index (χ4v) is 2.78. The van der Waals surface area contributed by atoms with E-state index in [1.165, 1.54) is 10.9 Å². The molecule has 25 heavy (non-hydrogen) atoms. The summed E-state index contributed by atoms with van der Waals surface area (Å²) in [5.41, 5.74) is 1.01. The van der Waals surface area contributed by atoms with Crippen LogP contribution in [0.25, 0.3) is 0 Å². The molecule has 1 N–H and O–H groups in total. The molecule has 1 unspecified atom stereocenters. The maximum absolute atomic E-state index is 12.5. The molecule has 1 aliphatic heterocycles. The van der Waals surface area contributed by atoms with Crippen LogP contribution in [0.1, 0.15) is 12.0 Å². The summed E-state index contributed by atoms with van der Waals surface area (Å²) in [6.45, 7) is 0.288. The number of benzene rings is 1. The van der Waals surface area contributed by atoms with E-state index in [0.717, 1.165) is 5.69 Å². The Hall–Kier alpha value is -3.34. The van der Waals surface area contributed by atoms with Crippen molar-refractivity contribution in [2.75, 3.05) is 23.9 Å². The molecular weight excluding hydrogens is 322 g/mol. The largest absolute Gasteiger partial charge is 0.497 e. The fourth-order valence-electron chi connectivity index (χ4n) is 2.78. The molecule has 2 amide bonds. The standard InChI is InChI=1S/C17H17N5O3/c1-21-16(12(8-18)9-19-21)20-17(24)11-7-15(23)22(10-11)13-3-5-14(25-2)6-4-13/h3-6,9,11H,7,10H2,1-2H3,(H,20,24). The van der Waals surface area contributed by atoms with E-state index in [4.69, 9.17) is 10.00 Å². The van der Waals surface area contributed by atoms with Crippen LogP contribution in [-0.4, -0.2) is 35.2 Å². The van der Waals surface area contributed by atoms with Gasteiger partial charge in [0, 0.05) is 25.7 Å². The summed E-state index contributed by atoms with van der Waals surface area (Å²) in [5.74, 6) is 0.129. The van der Waals surface area contributed by atoms with Gasteiger partial charge in [0.05, 0.1) is 19.2 Å². The number of aryl methyl sites for hydroxylation is 1. The molecule has 1 atom stereocenters. The van der Waals surface area contributed by atoms with Crippen LogP contribution in [0, 0.1) is 17.2 Å². The number of nitrogens with one attached hydrogen (secondary N) is 1. The van der Waals surface area contributed by atoms with Gasteiger partial charge < -0.3 is 15.0 Å². The van der Waals surface area contributed by atoms with Gasteiger partial charge in [-0.3, -0.25) is 14.3 Å². The number of nitriles is 1. The Balaban J connectivity index is 1.72. The first-order chi connectivity index (χ1) is 12.0. The third kappa shape index (κ3) is 3.17. The average Bonchev–Trinajstić information content (AvgIpc) is 3.18. The maximum atomic E-state index is 12.5. The topological polar surface area (TPSA) is 100 Å². The van der Waals surface area contributed by atoms with E-state index in [-0.39, 0.29) is 30.3 Å². The number of carbonyl (C=O) groups excluding carboxylic acids is 2. The van der Waals surface area contributed by atoms with Gasteiger partial charge in [0.25, 0.3) is 0 Å². The van der Waals surface area contributed by atoms with E-state index in [0.29, 0.717) is 11.6 Å². The highest BCUT2D eigenvalue weighted by molar-refractivity contribution is 6.03. The molecule has 2 aromatic rings. The summed E-state index contributed by atoms with van der Waals surface area (Å²) in [4.78, 5) is 26.4. The summed E-state index contributed by atoms with van der Waals surface area (Å²) < 4.78 is 6.53. The van der Waals surface area contributed by atoms with E-state index in [9.17, 15) is 9.59 Å². The van der Waals surface area contributed by atoms with E-state index < -0.39 is 5.92 Å². The summed E-state index contributed by atoms with van der Waals surface area (Å²) in [6, 6.07) is 9.08. The highest BCUT2D eigenvalue weighted by atomic mass is 16.5. The molecule has 1 aromatic heterocycles. The van der Waals surface area contributed by atoms with E-state index >= 15 is 0 Å². The molecule has 1 aliphatic rings. The molecule has 2 heterocycles. The molecule has 8 heteroatoms. The molecule has 1 fully saturated rings. The Morgan fingerprint density at radius 3 is 2.76 bits per heavy atom. The predicted octanol–water partition coefficient (Wildman–Crippen LogP) is 1.29. The number of anilines is 2. The molecule has 0 aliphatic carbocycles. The molecule has 0 saturated carbocycles. The highest BCUT2D eigenvalue weighted by Crippen LogP contribution is 2.27. The first kappa shape index (κ1) is 16.5. The van der Waals surface area contributed by atoms with Gasteiger partial charge >= 0.3 is 0 Å². The van der Waals surface area contributed by atoms with Gasteiger partial charge in [-0.2, -0.15) is 10.4 Å². The van der Waals surface area contributed by atoms with E-state index in [2.05, 4.69) is 10.4 Å². The van der Waals surface area contributed by atoms with Crippen molar-refractivity contribution in [2.45, 2.75) is 6.42 Å².